The topological polar surface area (TPSA) is 52.7 Å². The summed E-state index contributed by atoms with van der Waals surface area (Å²) in [4.78, 5) is 28.4. The largest absolute Gasteiger partial charge is 0.376 e. The first-order chi connectivity index (χ1) is 13.1. The van der Waals surface area contributed by atoms with Gasteiger partial charge in [-0.05, 0) is 49.2 Å². The van der Waals surface area contributed by atoms with Crippen LogP contribution in [0, 0.1) is 0 Å². The van der Waals surface area contributed by atoms with Crippen molar-refractivity contribution in [3.63, 3.8) is 0 Å². The van der Waals surface area contributed by atoms with E-state index in [1.54, 1.807) is 11.9 Å². The number of rotatable bonds is 9. The Hall–Kier alpha value is -2.82. The van der Waals surface area contributed by atoms with Gasteiger partial charge >= 0.3 is 0 Å². The Bertz CT molecular complexity index is 723. The van der Waals surface area contributed by atoms with E-state index in [2.05, 4.69) is 19.2 Å². The first-order valence-corrected chi connectivity index (χ1v) is 9.51. The van der Waals surface area contributed by atoms with E-state index in [0.29, 0.717) is 5.56 Å². The molecule has 5 nitrogen and oxygen atoms in total. The van der Waals surface area contributed by atoms with Crippen molar-refractivity contribution in [1.82, 2.24) is 4.90 Å². The van der Waals surface area contributed by atoms with Gasteiger partial charge in [0.2, 0.25) is 5.91 Å². The van der Waals surface area contributed by atoms with Gasteiger partial charge in [0.25, 0.3) is 5.91 Å². The minimum atomic E-state index is -0.0292. The number of para-hydroxylation sites is 1. The summed E-state index contributed by atoms with van der Waals surface area (Å²) in [6.45, 7) is 5.88. The summed E-state index contributed by atoms with van der Waals surface area (Å²) in [5, 5.41) is 3.12. The predicted molar refractivity (Wildman–Crippen MR) is 111 cm³/mol. The third kappa shape index (κ3) is 5.84. The molecule has 0 aliphatic rings. The van der Waals surface area contributed by atoms with Crippen molar-refractivity contribution in [2.75, 3.05) is 36.9 Å². The fraction of sp³-hybridized carbons (Fsp3) is 0.364. The van der Waals surface area contributed by atoms with Gasteiger partial charge in [0.1, 0.15) is 0 Å². The number of carbonyl (C=O) groups excluding carboxylic acids is 2. The van der Waals surface area contributed by atoms with Crippen LogP contribution in [0.4, 0.5) is 11.4 Å². The number of carbonyl (C=O) groups is 2. The Morgan fingerprint density at radius 2 is 1.48 bits per heavy atom. The summed E-state index contributed by atoms with van der Waals surface area (Å²) in [5.41, 5.74) is 2.35. The van der Waals surface area contributed by atoms with Crippen LogP contribution in [-0.4, -0.2) is 43.4 Å². The first-order valence-electron chi connectivity index (χ1n) is 9.51. The average Bonchev–Trinajstić information content (AvgIpc) is 2.71. The zero-order valence-electron chi connectivity index (χ0n) is 16.4. The SMILES string of the molecule is CCCN(CCC)C(=O)c1ccc(NCC(=O)N(C)c2ccccc2)cc1. The second kappa shape index (κ2) is 10.4. The van der Waals surface area contributed by atoms with E-state index in [1.807, 2.05) is 59.5 Å². The quantitative estimate of drug-likeness (QED) is 0.728. The molecule has 2 aromatic rings. The smallest absolute Gasteiger partial charge is 0.253 e. The molecule has 2 aromatic carbocycles. The molecule has 2 rings (SSSR count). The van der Waals surface area contributed by atoms with Gasteiger partial charge in [-0.1, -0.05) is 32.0 Å². The fourth-order valence-corrected chi connectivity index (χ4v) is 2.86. The number of hydrogen-bond donors (Lipinski definition) is 1. The second-order valence-electron chi connectivity index (χ2n) is 6.51. The molecule has 5 heteroatoms. The van der Waals surface area contributed by atoms with E-state index in [4.69, 9.17) is 0 Å². The van der Waals surface area contributed by atoms with E-state index < -0.39 is 0 Å². The molecule has 144 valence electrons. The molecule has 0 bridgehead atoms. The lowest BCUT2D eigenvalue weighted by Gasteiger charge is -2.21. The van der Waals surface area contributed by atoms with Gasteiger partial charge in [-0.15, -0.1) is 0 Å². The number of nitrogens with zero attached hydrogens (tertiary/aromatic N) is 2. The molecular weight excluding hydrogens is 338 g/mol. The molecular formula is C22H29N3O2. The molecule has 0 saturated heterocycles. The molecule has 2 amide bonds. The van der Waals surface area contributed by atoms with Crippen LogP contribution < -0.4 is 10.2 Å². The van der Waals surface area contributed by atoms with Crippen LogP contribution in [0.15, 0.2) is 54.6 Å². The fourth-order valence-electron chi connectivity index (χ4n) is 2.86. The minimum absolute atomic E-state index is 0.0292. The van der Waals surface area contributed by atoms with Gasteiger partial charge in [0.05, 0.1) is 6.54 Å². The van der Waals surface area contributed by atoms with Gasteiger partial charge < -0.3 is 15.1 Å². The lowest BCUT2D eigenvalue weighted by atomic mass is 10.1. The molecule has 0 radical (unpaired) electrons. The van der Waals surface area contributed by atoms with Crippen molar-refractivity contribution in [1.29, 1.82) is 0 Å². The van der Waals surface area contributed by atoms with Crippen molar-refractivity contribution >= 4 is 23.2 Å². The number of likely N-dealkylation sites (N-methyl/N-ethyl adjacent to an activating group) is 1. The molecule has 0 aromatic heterocycles. The van der Waals surface area contributed by atoms with Crippen LogP contribution in [0.3, 0.4) is 0 Å². The van der Waals surface area contributed by atoms with E-state index in [1.165, 1.54) is 0 Å². The average molecular weight is 367 g/mol. The third-order valence-electron chi connectivity index (χ3n) is 4.37. The molecule has 0 atom stereocenters. The zero-order chi connectivity index (χ0) is 19.6. The summed E-state index contributed by atoms with van der Waals surface area (Å²) in [5.74, 6) is 0.0311. The van der Waals surface area contributed by atoms with Gasteiger partial charge in [-0.2, -0.15) is 0 Å². The molecule has 0 aliphatic heterocycles. The van der Waals surface area contributed by atoms with E-state index >= 15 is 0 Å². The lowest BCUT2D eigenvalue weighted by Crippen LogP contribution is -2.32. The van der Waals surface area contributed by atoms with Gasteiger partial charge in [-0.3, -0.25) is 9.59 Å². The van der Waals surface area contributed by atoms with Crippen molar-refractivity contribution in [2.24, 2.45) is 0 Å². The highest BCUT2D eigenvalue weighted by Crippen LogP contribution is 2.14. The molecule has 0 unspecified atom stereocenters. The first kappa shape index (κ1) is 20.5. The normalized spacial score (nSPS) is 10.3. The highest BCUT2D eigenvalue weighted by atomic mass is 16.2. The van der Waals surface area contributed by atoms with Crippen LogP contribution in [-0.2, 0) is 4.79 Å². The van der Waals surface area contributed by atoms with Crippen LogP contribution >= 0.6 is 0 Å². The van der Waals surface area contributed by atoms with Gasteiger partial charge in [-0.25, -0.2) is 0 Å². The molecule has 27 heavy (non-hydrogen) atoms. The summed E-state index contributed by atoms with van der Waals surface area (Å²) in [6, 6.07) is 16.9. The zero-order valence-corrected chi connectivity index (χ0v) is 16.4. The maximum absolute atomic E-state index is 12.6. The van der Waals surface area contributed by atoms with Gasteiger partial charge in [0, 0.05) is 37.1 Å². The second-order valence-corrected chi connectivity index (χ2v) is 6.51. The molecule has 0 fully saturated rings. The number of hydrogen-bond acceptors (Lipinski definition) is 3. The van der Waals surface area contributed by atoms with Crippen LogP contribution in [0.2, 0.25) is 0 Å². The Kier molecular flexibility index (Phi) is 7.86. The Morgan fingerprint density at radius 3 is 2.04 bits per heavy atom. The maximum atomic E-state index is 12.6. The predicted octanol–water partition coefficient (Wildman–Crippen LogP) is 4.02. The van der Waals surface area contributed by atoms with Crippen molar-refractivity contribution < 1.29 is 9.59 Å². The monoisotopic (exact) mass is 367 g/mol. The van der Waals surface area contributed by atoms with Crippen LogP contribution in [0.5, 0.6) is 0 Å². The van der Waals surface area contributed by atoms with Crippen molar-refractivity contribution in [3.8, 4) is 0 Å². The highest BCUT2D eigenvalue weighted by Gasteiger charge is 2.14. The summed E-state index contributed by atoms with van der Waals surface area (Å²) in [6.07, 6.45) is 1.89. The molecule has 1 N–H and O–H groups in total. The van der Waals surface area contributed by atoms with Crippen LogP contribution in [0.25, 0.3) is 0 Å². The van der Waals surface area contributed by atoms with E-state index in [0.717, 1.165) is 37.3 Å². The van der Waals surface area contributed by atoms with E-state index in [9.17, 15) is 9.59 Å². The van der Waals surface area contributed by atoms with Gasteiger partial charge in [0.15, 0.2) is 0 Å². The molecule has 0 heterocycles. The van der Waals surface area contributed by atoms with Crippen molar-refractivity contribution in [3.05, 3.63) is 60.2 Å². The van der Waals surface area contributed by atoms with Crippen LogP contribution in [0.1, 0.15) is 37.0 Å². The maximum Gasteiger partial charge on any atom is 0.253 e. The molecule has 0 saturated carbocycles. The minimum Gasteiger partial charge on any atom is -0.376 e. The highest BCUT2D eigenvalue weighted by molar-refractivity contribution is 5.96. The standard InChI is InChI=1S/C22H29N3O2/c1-4-15-25(16-5-2)22(27)18-11-13-19(14-12-18)23-17-21(26)24(3)20-9-7-6-8-10-20/h6-14,23H,4-5,15-17H2,1-3H3. The Labute approximate surface area is 162 Å². The third-order valence-corrected chi connectivity index (χ3v) is 4.37. The summed E-state index contributed by atoms with van der Waals surface area (Å²) in [7, 11) is 1.76. The van der Waals surface area contributed by atoms with E-state index in [-0.39, 0.29) is 18.4 Å². The molecule has 0 aliphatic carbocycles. The summed E-state index contributed by atoms with van der Waals surface area (Å²) < 4.78 is 0. The summed E-state index contributed by atoms with van der Waals surface area (Å²) >= 11 is 0. The Balaban J connectivity index is 1.93. The van der Waals surface area contributed by atoms with Crippen molar-refractivity contribution in [2.45, 2.75) is 26.7 Å². The number of amides is 2. The number of anilines is 2. The number of benzene rings is 2. The molecule has 0 spiro atoms. The lowest BCUT2D eigenvalue weighted by molar-refractivity contribution is -0.116. The Morgan fingerprint density at radius 1 is 0.889 bits per heavy atom. The number of nitrogens with one attached hydrogen (secondary N) is 1.